The Morgan fingerprint density at radius 2 is 0.890 bits per heavy atom. The molecule has 0 bridgehead atoms. The second-order valence-corrected chi connectivity index (χ2v) is 19.2. The number of unbranched alkanes of at least 4 members (excludes halogenated alkanes) is 19. The zero-order valence-corrected chi connectivity index (χ0v) is 45.6. The lowest BCUT2D eigenvalue weighted by Gasteiger charge is -2.40. The highest BCUT2D eigenvalue weighted by atomic mass is 16.7. The molecule has 6 atom stereocenters. The van der Waals surface area contributed by atoms with Crippen molar-refractivity contribution in [2.45, 2.75) is 263 Å². The number of carbonyl (C=O) groups excluding carboxylic acids is 3. The maximum Gasteiger partial charge on any atom is 0.335 e. The largest absolute Gasteiger partial charge is 0.479 e. The first-order chi connectivity index (χ1) is 35.6. The van der Waals surface area contributed by atoms with Crippen molar-refractivity contribution in [3.8, 4) is 0 Å². The number of aliphatic carboxylic acids is 1. The number of carboxylic acids is 1. The van der Waals surface area contributed by atoms with Gasteiger partial charge in [0.15, 0.2) is 24.6 Å². The third-order valence-electron chi connectivity index (χ3n) is 12.5. The van der Waals surface area contributed by atoms with Crippen LogP contribution in [0.15, 0.2) is 85.1 Å². The number of aliphatic hydroxyl groups is 2. The van der Waals surface area contributed by atoms with Crippen molar-refractivity contribution in [3.05, 3.63) is 85.1 Å². The van der Waals surface area contributed by atoms with Gasteiger partial charge in [-0.2, -0.15) is 0 Å². The number of esters is 3. The lowest BCUT2D eigenvalue weighted by atomic mass is 9.98. The second-order valence-electron chi connectivity index (χ2n) is 19.2. The quantitative estimate of drug-likeness (QED) is 0.0228. The van der Waals surface area contributed by atoms with Crippen molar-refractivity contribution >= 4 is 23.9 Å². The molecule has 1 aliphatic heterocycles. The van der Waals surface area contributed by atoms with Gasteiger partial charge in [0.1, 0.15) is 18.8 Å². The maximum absolute atomic E-state index is 13.1. The second kappa shape index (κ2) is 48.8. The number of aliphatic hydroxyl groups excluding tert-OH is 2. The first-order valence-electron chi connectivity index (χ1n) is 28.6. The minimum atomic E-state index is -1.93. The van der Waals surface area contributed by atoms with Gasteiger partial charge in [-0.25, -0.2) is 4.79 Å². The molecule has 73 heavy (non-hydrogen) atoms. The molecular weight excluding hydrogens is 925 g/mol. The van der Waals surface area contributed by atoms with Crippen LogP contribution >= 0.6 is 0 Å². The number of hydrogen-bond acceptors (Lipinski definition) is 11. The van der Waals surface area contributed by atoms with Gasteiger partial charge in [0.05, 0.1) is 6.61 Å². The average Bonchev–Trinajstić information content (AvgIpc) is 3.37. The molecule has 0 radical (unpaired) electrons. The van der Waals surface area contributed by atoms with Gasteiger partial charge in [-0.1, -0.05) is 215 Å². The van der Waals surface area contributed by atoms with Gasteiger partial charge in [0.2, 0.25) is 0 Å². The van der Waals surface area contributed by atoms with E-state index in [1.807, 2.05) is 18.2 Å². The summed E-state index contributed by atoms with van der Waals surface area (Å²) >= 11 is 0. The molecule has 12 heteroatoms. The van der Waals surface area contributed by atoms with Crippen LogP contribution in [0.4, 0.5) is 0 Å². The third-order valence-corrected chi connectivity index (χ3v) is 12.5. The monoisotopic (exact) mass is 1020 g/mol. The van der Waals surface area contributed by atoms with E-state index in [1.165, 1.54) is 64.2 Å². The Hall–Kier alpha value is -4.10. The molecule has 0 aromatic carbocycles. The molecule has 6 unspecified atom stereocenters. The summed E-state index contributed by atoms with van der Waals surface area (Å²) in [5.74, 6) is -3.24. The first-order valence-corrected chi connectivity index (χ1v) is 28.6. The molecule has 0 aliphatic carbocycles. The van der Waals surface area contributed by atoms with E-state index in [0.717, 1.165) is 96.3 Å². The number of allylic oxidation sites excluding steroid dienone is 14. The van der Waals surface area contributed by atoms with Gasteiger partial charge in [-0.15, -0.1) is 0 Å². The molecule has 12 nitrogen and oxygen atoms in total. The number of carbonyl (C=O) groups is 4. The van der Waals surface area contributed by atoms with E-state index in [2.05, 4.69) is 87.6 Å². The highest BCUT2D eigenvalue weighted by molar-refractivity contribution is 5.74. The normalized spacial score (nSPS) is 18.9. The molecule has 0 aromatic rings. The SMILES string of the molecule is CC/C=C\C/C=C\C/C=C\C/C=C\CCC(=O)OC1C(OCC(COC(=O)CCCCCCCCC/C=C\C/C=C\C/C=C\CC)OC(=O)CCCCCCCCCCCCCCC)OC(C(=O)O)C(O)C1O. The summed E-state index contributed by atoms with van der Waals surface area (Å²) < 4.78 is 28.3. The first kappa shape index (κ1) is 66.9. The Morgan fingerprint density at radius 1 is 0.466 bits per heavy atom. The smallest absolute Gasteiger partial charge is 0.335 e. The van der Waals surface area contributed by atoms with Crippen LogP contribution < -0.4 is 0 Å². The fourth-order valence-corrected chi connectivity index (χ4v) is 8.16. The van der Waals surface area contributed by atoms with Crippen molar-refractivity contribution in [1.82, 2.24) is 0 Å². The molecule has 3 N–H and O–H groups in total. The van der Waals surface area contributed by atoms with Crippen molar-refractivity contribution in [2.75, 3.05) is 13.2 Å². The van der Waals surface area contributed by atoms with Gasteiger partial charge < -0.3 is 39.0 Å². The number of ether oxygens (including phenoxy) is 5. The molecule has 1 heterocycles. The van der Waals surface area contributed by atoms with E-state index < -0.39 is 67.3 Å². The molecule has 1 saturated heterocycles. The summed E-state index contributed by atoms with van der Waals surface area (Å²) in [5, 5.41) is 31.4. The minimum Gasteiger partial charge on any atom is -0.479 e. The van der Waals surface area contributed by atoms with Gasteiger partial charge in [-0.3, -0.25) is 14.4 Å². The van der Waals surface area contributed by atoms with Gasteiger partial charge >= 0.3 is 23.9 Å². The van der Waals surface area contributed by atoms with Crippen LogP contribution in [0.5, 0.6) is 0 Å². The highest BCUT2D eigenvalue weighted by Gasteiger charge is 2.50. The Labute approximate surface area is 441 Å². The summed E-state index contributed by atoms with van der Waals surface area (Å²) in [6.07, 6.45) is 50.0. The number of hydrogen-bond donors (Lipinski definition) is 3. The van der Waals surface area contributed by atoms with Crippen LogP contribution in [-0.4, -0.2) is 89.2 Å². The standard InChI is InChI=1S/C61H100O12/c1-4-7-10-13-16-19-22-25-26-27-28-31-32-35-38-41-44-47-53(62)69-50-52(71-54(63)48-45-42-39-36-33-29-23-20-17-14-11-8-5-2)51-70-61-59(57(66)56(65)58(73-61)60(67)68)72-55(64)49-46-43-40-37-34-30-24-21-18-15-12-9-6-3/h7,9-10,12,16,18-19,21,25-26,30,34,40,43,52,56-59,61,65-66H,4-6,8,11,13-15,17,20,22-24,27-29,31-33,35-39,41-42,44-51H2,1-3H3,(H,67,68)/b10-7-,12-9-,19-16-,21-18-,26-25-,34-30-,43-40-. The van der Waals surface area contributed by atoms with Crippen molar-refractivity contribution in [1.29, 1.82) is 0 Å². The lowest BCUT2D eigenvalue weighted by Crippen LogP contribution is -2.61. The summed E-state index contributed by atoms with van der Waals surface area (Å²) in [6, 6.07) is 0. The fourth-order valence-electron chi connectivity index (χ4n) is 8.16. The van der Waals surface area contributed by atoms with Crippen LogP contribution in [0.1, 0.15) is 226 Å². The minimum absolute atomic E-state index is 0.0632. The van der Waals surface area contributed by atoms with E-state index in [0.29, 0.717) is 25.7 Å². The van der Waals surface area contributed by atoms with E-state index >= 15 is 0 Å². The van der Waals surface area contributed by atoms with Crippen LogP contribution in [0, 0.1) is 0 Å². The molecule has 1 rings (SSSR count). The van der Waals surface area contributed by atoms with Crippen molar-refractivity contribution in [3.63, 3.8) is 0 Å². The van der Waals surface area contributed by atoms with Crippen LogP contribution in [-0.2, 0) is 42.9 Å². The van der Waals surface area contributed by atoms with E-state index in [4.69, 9.17) is 23.7 Å². The predicted molar refractivity (Wildman–Crippen MR) is 294 cm³/mol. The van der Waals surface area contributed by atoms with Gasteiger partial charge in [0, 0.05) is 19.3 Å². The number of rotatable bonds is 47. The topological polar surface area (TPSA) is 175 Å². The molecule has 0 aromatic heterocycles. The Kier molecular flexibility index (Phi) is 44.7. The average molecular weight is 1030 g/mol. The van der Waals surface area contributed by atoms with Crippen molar-refractivity contribution in [2.24, 2.45) is 0 Å². The maximum atomic E-state index is 13.1. The summed E-state index contributed by atoms with van der Waals surface area (Å²) in [6.45, 7) is 5.71. The van der Waals surface area contributed by atoms with Crippen LogP contribution in [0.25, 0.3) is 0 Å². The van der Waals surface area contributed by atoms with E-state index in [9.17, 15) is 34.5 Å². The molecule has 0 spiro atoms. The van der Waals surface area contributed by atoms with Crippen molar-refractivity contribution < 1.29 is 58.2 Å². The third kappa shape index (κ3) is 39.0. The zero-order valence-electron chi connectivity index (χ0n) is 45.6. The van der Waals surface area contributed by atoms with E-state index in [1.54, 1.807) is 0 Å². The lowest BCUT2D eigenvalue weighted by molar-refractivity contribution is -0.301. The molecule has 1 fully saturated rings. The Morgan fingerprint density at radius 3 is 1.37 bits per heavy atom. The van der Waals surface area contributed by atoms with Gasteiger partial charge in [0.25, 0.3) is 0 Å². The Balaban J connectivity index is 2.73. The highest BCUT2D eigenvalue weighted by Crippen LogP contribution is 2.26. The number of carboxylic acid groups (broad SMARTS) is 1. The van der Waals surface area contributed by atoms with E-state index in [-0.39, 0.29) is 25.9 Å². The summed E-state index contributed by atoms with van der Waals surface area (Å²) in [5.41, 5.74) is 0. The zero-order chi connectivity index (χ0) is 53.3. The predicted octanol–water partition coefficient (Wildman–Crippen LogP) is 14.3. The molecule has 416 valence electrons. The molecule has 0 amide bonds. The van der Waals surface area contributed by atoms with Crippen LogP contribution in [0.2, 0.25) is 0 Å². The fraction of sp³-hybridized carbons (Fsp3) is 0.705. The Bertz CT molecular complexity index is 1590. The van der Waals surface area contributed by atoms with Crippen LogP contribution in [0.3, 0.4) is 0 Å². The molecular formula is C61H100O12. The summed E-state index contributed by atoms with van der Waals surface area (Å²) in [4.78, 5) is 51.0. The summed E-state index contributed by atoms with van der Waals surface area (Å²) in [7, 11) is 0. The van der Waals surface area contributed by atoms with Gasteiger partial charge in [-0.05, 0) is 77.0 Å². The molecule has 0 saturated carbocycles. The molecule has 1 aliphatic rings.